The van der Waals surface area contributed by atoms with Crippen LogP contribution in [-0.4, -0.2) is 59.7 Å². The third kappa shape index (κ3) is 9.75. The van der Waals surface area contributed by atoms with Crippen LogP contribution >= 0.6 is 11.6 Å². The number of rotatable bonds is 11. The van der Waals surface area contributed by atoms with Gasteiger partial charge in [-0.2, -0.15) is 27.2 Å². The monoisotopic (exact) mass is 753 g/mol. The number of non-ortho nitro benzene ring substituents is 3. The van der Waals surface area contributed by atoms with Crippen LogP contribution in [0, 0.1) is 41.7 Å². The lowest BCUT2D eigenvalue weighted by atomic mass is 9.99. The van der Waals surface area contributed by atoms with Crippen molar-refractivity contribution in [2.45, 2.75) is 12.8 Å². The van der Waals surface area contributed by atoms with E-state index in [0.29, 0.717) is 5.69 Å². The summed E-state index contributed by atoms with van der Waals surface area (Å²) in [5.74, 6) is -1.49. The van der Waals surface area contributed by atoms with E-state index in [1.54, 1.807) is 25.1 Å². The summed E-state index contributed by atoms with van der Waals surface area (Å²) in [6, 6.07) is 12.3. The van der Waals surface area contributed by atoms with Gasteiger partial charge in [-0.15, -0.1) is 0 Å². The van der Waals surface area contributed by atoms with E-state index in [4.69, 9.17) is 16.3 Å². The zero-order valence-electron chi connectivity index (χ0n) is 26.3. The van der Waals surface area contributed by atoms with E-state index in [9.17, 15) is 67.5 Å². The molecule has 15 nitrogen and oxygen atoms in total. The topological polar surface area (TPSA) is 212 Å². The van der Waals surface area contributed by atoms with Crippen molar-refractivity contribution >= 4 is 40.6 Å². The molecule has 272 valence electrons. The van der Waals surface area contributed by atoms with Crippen molar-refractivity contribution in [1.82, 2.24) is 0 Å². The number of aldehydes is 1. The van der Waals surface area contributed by atoms with Crippen LogP contribution in [-0.2, 0) is 0 Å². The van der Waals surface area contributed by atoms with Crippen LogP contribution in [0.5, 0.6) is 17.2 Å². The first-order valence-corrected chi connectivity index (χ1v) is 14.2. The number of anilines is 1. The Morgan fingerprint density at radius 2 is 1.40 bits per heavy atom. The lowest BCUT2D eigenvalue weighted by Crippen LogP contribution is -2.19. The molecule has 0 aliphatic rings. The molecule has 52 heavy (non-hydrogen) atoms. The molecule has 4 aromatic rings. The van der Waals surface area contributed by atoms with Crippen molar-refractivity contribution in [3.63, 3.8) is 0 Å². The highest BCUT2D eigenvalue weighted by Gasteiger charge is 2.30. The van der Waals surface area contributed by atoms with Crippen molar-refractivity contribution in [2.24, 2.45) is 0 Å². The van der Waals surface area contributed by atoms with Gasteiger partial charge in [-0.3, -0.25) is 35.1 Å². The minimum absolute atomic E-state index is 0.0308. The number of nitro benzene ring substituents is 3. The highest BCUT2D eigenvalue weighted by Crippen LogP contribution is 2.43. The second-order valence-corrected chi connectivity index (χ2v) is 10.7. The van der Waals surface area contributed by atoms with Crippen LogP contribution in [0.15, 0.2) is 60.7 Å². The molecule has 0 aliphatic carbocycles. The third-order valence-electron chi connectivity index (χ3n) is 6.69. The molecule has 0 aromatic heterocycles. The maximum Gasteiger partial charge on any atom is 0.422 e. The molecule has 0 bridgehead atoms. The minimum Gasteiger partial charge on any atom is -0.507 e. The van der Waals surface area contributed by atoms with Gasteiger partial charge in [0.1, 0.15) is 23.3 Å². The first-order chi connectivity index (χ1) is 24.3. The summed E-state index contributed by atoms with van der Waals surface area (Å²) in [7, 11) is 3.43. The molecule has 0 unspecified atom stereocenters. The molecule has 0 radical (unpaired) electrons. The molecule has 1 N–H and O–H groups in total. The van der Waals surface area contributed by atoms with E-state index in [1.165, 1.54) is 18.2 Å². The number of nitrogens with zero attached hydrogens (tertiary/aromatic N) is 5. The Labute approximate surface area is 293 Å². The van der Waals surface area contributed by atoms with Crippen molar-refractivity contribution in [3.8, 4) is 45.6 Å². The van der Waals surface area contributed by atoms with E-state index in [1.807, 2.05) is 0 Å². The number of carbonyl (C=O) groups is 1. The van der Waals surface area contributed by atoms with E-state index in [2.05, 4.69) is 4.74 Å². The highest BCUT2D eigenvalue weighted by atomic mass is 35.5. The van der Waals surface area contributed by atoms with Crippen LogP contribution < -0.4 is 14.4 Å². The largest absolute Gasteiger partial charge is 0.507 e. The molecular weight excluding hydrogens is 733 g/mol. The maximum atomic E-state index is 12.6. The zero-order chi connectivity index (χ0) is 39.1. The molecule has 0 aliphatic heterocycles. The Balaban J connectivity index is 0.000000281. The molecule has 21 heteroatoms. The van der Waals surface area contributed by atoms with Gasteiger partial charge in [0.25, 0.3) is 17.1 Å². The second kappa shape index (κ2) is 16.4. The number of hydrogen-bond acceptors (Lipinski definition) is 12. The molecule has 4 rings (SSSR count). The van der Waals surface area contributed by atoms with Crippen LogP contribution in [0.3, 0.4) is 0 Å². The lowest BCUT2D eigenvalue weighted by molar-refractivity contribution is -0.385. The number of phenolic OH excluding ortho intramolecular Hbond substituents is 1. The number of carbonyl (C=O) groups excluding carboxylic acids is 1. The van der Waals surface area contributed by atoms with Crippen molar-refractivity contribution in [1.29, 1.82) is 5.26 Å². The lowest BCUT2D eigenvalue weighted by Gasteiger charge is -2.19. The number of benzene rings is 4. The Morgan fingerprint density at radius 1 is 0.865 bits per heavy atom. The maximum absolute atomic E-state index is 12.6. The van der Waals surface area contributed by atoms with E-state index in [-0.39, 0.29) is 33.7 Å². The van der Waals surface area contributed by atoms with Crippen LogP contribution in [0.25, 0.3) is 22.3 Å². The Morgan fingerprint density at radius 3 is 1.92 bits per heavy atom. The number of alkyl halides is 5. The Hall–Kier alpha value is -6.62. The number of halogens is 6. The first kappa shape index (κ1) is 39.8. The van der Waals surface area contributed by atoms with Gasteiger partial charge in [0.15, 0.2) is 12.9 Å². The number of aromatic hydroxyl groups is 1. The van der Waals surface area contributed by atoms with Crippen LogP contribution in [0.2, 0.25) is 5.02 Å². The number of nitro groups is 3. The number of nitriles is 1. The third-order valence-corrected chi connectivity index (χ3v) is 7.10. The van der Waals surface area contributed by atoms with Gasteiger partial charge in [-0.1, -0.05) is 11.6 Å². The van der Waals surface area contributed by atoms with Crippen molar-refractivity contribution in [3.05, 3.63) is 107 Å². The Bertz CT molecular complexity index is 2090. The average molecular weight is 754 g/mol. The van der Waals surface area contributed by atoms with Crippen molar-refractivity contribution in [2.75, 3.05) is 25.6 Å². The standard InChI is InChI=1S/C17H13ClF3N3O3.C14H8F2N2O7/c1-23(2)11-3-4-15(27-9-17(19,20)21)13(6-11)14-7-12(24(25)26)5-10(8-22)16(14)18;15-14(16)25-12-2-1-8(17(21)22)4-10(12)11-5-9(18(23)24)3-7(6-19)13(11)20/h3-7H,9H2,1-2H3;1-6,14,20H. The van der Waals surface area contributed by atoms with Gasteiger partial charge < -0.3 is 19.5 Å². The van der Waals surface area contributed by atoms with Crippen LogP contribution in [0.1, 0.15) is 15.9 Å². The highest BCUT2D eigenvalue weighted by molar-refractivity contribution is 6.34. The molecular formula is C31H21ClF5N5O10. The SMILES string of the molecule is CN(C)c1ccc(OCC(F)(F)F)c(-c2cc([N+](=O)[O-])cc(C#N)c2Cl)c1.O=Cc1cc([N+](=O)[O-])cc(-c2cc([N+](=O)[O-])ccc2OC(F)F)c1O. The quantitative estimate of drug-likeness (QED) is 0.0666. The van der Waals surface area contributed by atoms with Crippen LogP contribution in [0.4, 0.5) is 44.7 Å². The van der Waals surface area contributed by atoms with Gasteiger partial charge in [-0.05, 0) is 24.3 Å². The summed E-state index contributed by atoms with van der Waals surface area (Å²) in [6.45, 7) is -4.83. The summed E-state index contributed by atoms with van der Waals surface area (Å²) < 4.78 is 71.9. The molecule has 0 saturated heterocycles. The summed E-state index contributed by atoms with van der Waals surface area (Å²) in [4.78, 5) is 43.2. The summed E-state index contributed by atoms with van der Waals surface area (Å²) in [5.41, 5.74) is -2.32. The molecule has 4 aromatic carbocycles. The predicted octanol–water partition coefficient (Wildman–Crippen LogP) is 8.08. The predicted molar refractivity (Wildman–Crippen MR) is 173 cm³/mol. The number of ether oxygens (including phenoxy) is 2. The summed E-state index contributed by atoms with van der Waals surface area (Å²) >= 11 is 6.18. The molecule has 0 spiro atoms. The smallest absolute Gasteiger partial charge is 0.422 e. The summed E-state index contributed by atoms with van der Waals surface area (Å²) in [6.07, 6.45) is -4.45. The van der Waals surface area contributed by atoms with Gasteiger partial charge in [0, 0.05) is 78.4 Å². The molecule has 0 atom stereocenters. The van der Waals surface area contributed by atoms with Gasteiger partial charge in [0.2, 0.25) is 0 Å². The zero-order valence-corrected chi connectivity index (χ0v) is 27.0. The number of hydrogen-bond donors (Lipinski definition) is 1. The van der Waals surface area contributed by atoms with E-state index >= 15 is 0 Å². The fourth-order valence-corrected chi connectivity index (χ4v) is 4.62. The molecule has 0 heterocycles. The van der Waals surface area contributed by atoms with E-state index < -0.39 is 79.4 Å². The fraction of sp³-hybridized carbons (Fsp3) is 0.161. The molecule has 0 saturated carbocycles. The minimum atomic E-state index is -4.57. The normalized spacial score (nSPS) is 10.8. The van der Waals surface area contributed by atoms with Gasteiger partial charge in [0.05, 0.1) is 30.9 Å². The van der Waals surface area contributed by atoms with E-state index in [0.717, 1.165) is 42.5 Å². The fourth-order valence-electron chi connectivity index (χ4n) is 4.37. The molecule has 0 amide bonds. The molecule has 0 fully saturated rings. The first-order valence-electron chi connectivity index (χ1n) is 13.9. The van der Waals surface area contributed by atoms with Gasteiger partial charge >= 0.3 is 12.8 Å². The summed E-state index contributed by atoms with van der Waals surface area (Å²) in [5, 5.41) is 52.1. The van der Waals surface area contributed by atoms with Crippen molar-refractivity contribution < 1.29 is 56.1 Å². The second-order valence-electron chi connectivity index (χ2n) is 10.3. The Kier molecular flexibility index (Phi) is 12.6. The van der Waals surface area contributed by atoms with Gasteiger partial charge in [-0.25, -0.2) is 0 Å². The number of phenols is 1. The average Bonchev–Trinajstić information content (AvgIpc) is 3.07.